The number of hydrogen-bond acceptors (Lipinski definition) is 9. The molecule has 1 aliphatic rings. The average molecular weight is 589 g/mol. The molecule has 4 rings (SSSR count). The van der Waals surface area contributed by atoms with Crippen LogP contribution in [0.15, 0.2) is 30.3 Å². The van der Waals surface area contributed by atoms with E-state index in [0.29, 0.717) is 39.1 Å². The molecule has 3 aromatic rings. The third-order valence-corrected chi connectivity index (χ3v) is 7.24. The highest BCUT2D eigenvalue weighted by molar-refractivity contribution is 7.18. The third kappa shape index (κ3) is 6.46. The van der Waals surface area contributed by atoms with Gasteiger partial charge in [0.15, 0.2) is 11.6 Å². The van der Waals surface area contributed by atoms with Crippen LogP contribution in [0.1, 0.15) is 47.1 Å². The van der Waals surface area contributed by atoms with E-state index in [4.69, 9.17) is 30.5 Å². The number of nitrogens with zero attached hydrogens (tertiary/aromatic N) is 4. The molecular formula is C28H30ClFN4O5S. The highest BCUT2D eigenvalue weighted by Gasteiger charge is 2.46. The molecule has 1 atom stereocenters. The zero-order valence-corrected chi connectivity index (χ0v) is 24.7. The molecule has 212 valence electrons. The molecule has 0 radical (unpaired) electrons. The van der Waals surface area contributed by atoms with Gasteiger partial charge in [-0.1, -0.05) is 22.9 Å². The molecule has 2 aromatic carbocycles. The van der Waals surface area contributed by atoms with Crippen molar-refractivity contribution < 1.29 is 28.1 Å². The number of aromatic nitrogens is 2. The first-order valence-corrected chi connectivity index (χ1v) is 13.8. The van der Waals surface area contributed by atoms with E-state index in [1.165, 1.54) is 28.4 Å². The summed E-state index contributed by atoms with van der Waals surface area (Å²) in [5.74, 6) is -0.232. The number of hydrogen-bond donors (Lipinski definition) is 0. The number of nitriles is 1. The Morgan fingerprint density at radius 3 is 2.62 bits per heavy atom. The molecule has 1 saturated heterocycles. The topological polar surface area (TPSA) is 107 Å². The zero-order valence-electron chi connectivity index (χ0n) is 23.1. The van der Waals surface area contributed by atoms with E-state index in [1.54, 1.807) is 52.8 Å². The second-order valence-electron chi connectivity index (χ2n) is 10.5. The Bertz CT molecular complexity index is 1450. The lowest BCUT2D eigenvalue weighted by molar-refractivity contribution is -0.0637. The van der Waals surface area contributed by atoms with Crippen LogP contribution in [0.3, 0.4) is 0 Å². The number of amides is 1. The van der Waals surface area contributed by atoms with Crippen molar-refractivity contribution in [3.8, 4) is 38.7 Å². The Hall–Kier alpha value is -3.46. The SMILES string of the molecule is CCOc1ccc(-c2nnc(-c3cc(F)c(OCC4COC(C)(C)N4C(=O)OC(C)(C)C)cc3Cl)s2)cc1C#N. The molecule has 0 spiro atoms. The van der Waals surface area contributed by atoms with E-state index in [9.17, 15) is 10.1 Å². The number of halogens is 2. The first kappa shape index (κ1) is 29.5. The summed E-state index contributed by atoms with van der Waals surface area (Å²) in [6, 6.07) is 9.38. The quantitative estimate of drug-likeness (QED) is 0.301. The standard InChI is InChI=1S/C28H30ClFN4O5S/c1-7-36-22-9-8-16(10-17(22)13-31)24-32-33-25(40-24)19-11-21(30)23(12-20(19)29)37-14-18-15-38-28(5,6)34(18)26(35)39-27(2,3)4/h8-12,18H,7,14-15H2,1-6H3. The van der Waals surface area contributed by atoms with E-state index in [1.807, 2.05) is 6.92 Å². The van der Waals surface area contributed by atoms with Gasteiger partial charge in [-0.3, -0.25) is 4.90 Å². The van der Waals surface area contributed by atoms with Crippen molar-refractivity contribution in [2.24, 2.45) is 0 Å². The van der Waals surface area contributed by atoms with Crippen molar-refractivity contribution in [1.29, 1.82) is 5.26 Å². The molecule has 1 amide bonds. The Labute approximate surface area is 241 Å². The van der Waals surface area contributed by atoms with Crippen molar-refractivity contribution in [3.63, 3.8) is 0 Å². The lowest BCUT2D eigenvalue weighted by atomic mass is 10.1. The molecule has 12 heteroatoms. The van der Waals surface area contributed by atoms with Gasteiger partial charge in [-0.25, -0.2) is 9.18 Å². The molecule has 1 aromatic heterocycles. The Kier molecular flexibility index (Phi) is 8.54. The second kappa shape index (κ2) is 11.6. The van der Waals surface area contributed by atoms with Crippen molar-refractivity contribution in [2.75, 3.05) is 19.8 Å². The summed E-state index contributed by atoms with van der Waals surface area (Å²) in [5, 5.41) is 19.0. The lowest BCUT2D eigenvalue weighted by Crippen LogP contribution is -2.51. The van der Waals surface area contributed by atoms with Crippen LogP contribution in [0.2, 0.25) is 5.02 Å². The van der Waals surface area contributed by atoms with Crippen LogP contribution in [0.5, 0.6) is 11.5 Å². The fourth-order valence-electron chi connectivity index (χ4n) is 4.16. The highest BCUT2D eigenvalue weighted by Crippen LogP contribution is 2.38. The monoisotopic (exact) mass is 588 g/mol. The molecule has 0 bridgehead atoms. The molecular weight excluding hydrogens is 559 g/mol. The highest BCUT2D eigenvalue weighted by atomic mass is 35.5. The van der Waals surface area contributed by atoms with Crippen molar-refractivity contribution in [1.82, 2.24) is 15.1 Å². The second-order valence-corrected chi connectivity index (χ2v) is 11.9. The Morgan fingerprint density at radius 2 is 1.95 bits per heavy atom. The number of ether oxygens (including phenoxy) is 4. The van der Waals surface area contributed by atoms with Gasteiger partial charge in [0.05, 0.1) is 29.8 Å². The molecule has 1 fully saturated rings. The van der Waals surface area contributed by atoms with Crippen LogP contribution < -0.4 is 9.47 Å². The summed E-state index contributed by atoms with van der Waals surface area (Å²) in [4.78, 5) is 14.3. The van der Waals surface area contributed by atoms with E-state index in [0.717, 1.165) is 0 Å². The summed E-state index contributed by atoms with van der Waals surface area (Å²) < 4.78 is 37.7. The van der Waals surface area contributed by atoms with Gasteiger partial charge in [0.1, 0.15) is 39.8 Å². The maximum Gasteiger partial charge on any atom is 0.413 e. The predicted octanol–water partition coefficient (Wildman–Crippen LogP) is 6.69. The largest absolute Gasteiger partial charge is 0.492 e. The first-order chi connectivity index (χ1) is 18.8. The predicted molar refractivity (Wildman–Crippen MR) is 149 cm³/mol. The number of carbonyl (C=O) groups is 1. The van der Waals surface area contributed by atoms with Gasteiger partial charge in [-0.05, 0) is 65.8 Å². The summed E-state index contributed by atoms with van der Waals surface area (Å²) >= 11 is 7.72. The smallest absolute Gasteiger partial charge is 0.413 e. The molecule has 0 aliphatic carbocycles. The van der Waals surface area contributed by atoms with E-state index in [2.05, 4.69) is 16.3 Å². The molecule has 1 unspecified atom stereocenters. The fraction of sp³-hybridized carbons (Fsp3) is 0.429. The lowest BCUT2D eigenvalue weighted by Gasteiger charge is -2.35. The van der Waals surface area contributed by atoms with Crippen LogP contribution in [0, 0.1) is 17.1 Å². The zero-order chi connectivity index (χ0) is 29.2. The van der Waals surface area contributed by atoms with Crippen LogP contribution in [0.25, 0.3) is 21.1 Å². The van der Waals surface area contributed by atoms with Gasteiger partial charge in [-0.2, -0.15) is 5.26 Å². The Morgan fingerprint density at radius 1 is 1.23 bits per heavy atom. The van der Waals surface area contributed by atoms with Gasteiger partial charge >= 0.3 is 6.09 Å². The molecule has 9 nitrogen and oxygen atoms in total. The molecule has 0 saturated carbocycles. The van der Waals surface area contributed by atoms with Crippen molar-refractivity contribution in [3.05, 3.63) is 46.7 Å². The fourth-order valence-corrected chi connectivity index (χ4v) is 5.33. The molecule has 1 aliphatic heterocycles. The molecule has 0 N–H and O–H groups in total. The van der Waals surface area contributed by atoms with Gasteiger partial charge < -0.3 is 18.9 Å². The minimum atomic E-state index is -0.913. The van der Waals surface area contributed by atoms with Crippen LogP contribution >= 0.6 is 22.9 Å². The number of carbonyl (C=O) groups excluding carboxylic acids is 1. The van der Waals surface area contributed by atoms with Crippen LogP contribution in [-0.2, 0) is 9.47 Å². The number of benzene rings is 2. The van der Waals surface area contributed by atoms with Gasteiger partial charge in [0, 0.05) is 17.2 Å². The maximum absolute atomic E-state index is 15.2. The summed E-state index contributed by atoms with van der Waals surface area (Å²) in [6.07, 6.45) is -0.543. The molecule has 2 heterocycles. The van der Waals surface area contributed by atoms with Crippen LogP contribution in [-0.4, -0.2) is 58.4 Å². The van der Waals surface area contributed by atoms with Crippen molar-refractivity contribution in [2.45, 2.75) is 58.9 Å². The van der Waals surface area contributed by atoms with E-state index < -0.39 is 29.3 Å². The van der Waals surface area contributed by atoms with Gasteiger partial charge in [-0.15, -0.1) is 10.2 Å². The van der Waals surface area contributed by atoms with E-state index >= 15 is 4.39 Å². The Balaban J connectivity index is 1.51. The number of rotatable bonds is 7. The minimum absolute atomic E-state index is 0.0306. The maximum atomic E-state index is 15.2. The van der Waals surface area contributed by atoms with Gasteiger partial charge in [0.2, 0.25) is 0 Å². The average Bonchev–Trinajstić information content (AvgIpc) is 3.48. The van der Waals surface area contributed by atoms with Gasteiger partial charge in [0.25, 0.3) is 0 Å². The summed E-state index contributed by atoms with van der Waals surface area (Å²) in [6.45, 7) is 11.3. The minimum Gasteiger partial charge on any atom is -0.492 e. The summed E-state index contributed by atoms with van der Waals surface area (Å²) in [5.41, 5.74) is -0.197. The van der Waals surface area contributed by atoms with E-state index in [-0.39, 0.29) is 24.0 Å². The normalized spacial score (nSPS) is 16.5. The molecule has 40 heavy (non-hydrogen) atoms. The van der Waals surface area contributed by atoms with Crippen LogP contribution in [0.4, 0.5) is 9.18 Å². The summed E-state index contributed by atoms with van der Waals surface area (Å²) in [7, 11) is 0. The van der Waals surface area contributed by atoms with Crippen molar-refractivity contribution >= 4 is 29.0 Å². The first-order valence-electron chi connectivity index (χ1n) is 12.6. The third-order valence-electron chi connectivity index (χ3n) is 5.92.